The number of unbranched alkanes of at least 4 members (excludes halogenated alkanes) is 3. The van der Waals surface area contributed by atoms with Crippen LogP contribution in [0.2, 0.25) is 0 Å². The van der Waals surface area contributed by atoms with Crippen molar-refractivity contribution in [3.05, 3.63) is 17.3 Å². The minimum atomic E-state index is 0.740. The average Bonchev–Trinajstić information content (AvgIpc) is 3.03. The van der Waals surface area contributed by atoms with E-state index in [1.165, 1.54) is 31.4 Å². The second-order valence-electron chi connectivity index (χ2n) is 4.71. The first-order valence-electron chi connectivity index (χ1n) is 7.05. The van der Waals surface area contributed by atoms with Crippen LogP contribution in [0, 0.1) is 0 Å². The van der Waals surface area contributed by atoms with Crippen LogP contribution in [0.15, 0.2) is 11.6 Å². The number of nitrogens with one attached hydrogen (secondary N) is 1. The van der Waals surface area contributed by atoms with Crippen LogP contribution in [0.1, 0.15) is 31.4 Å². The van der Waals surface area contributed by atoms with E-state index in [4.69, 9.17) is 4.74 Å². The summed E-state index contributed by atoms with van der Waals surface area (Å²) in [5.41, 5.74) is 1.12. The van der Waals surface area contributed by atoms with E-state index in [2.05, 4.69) is 32.5 Å². The van der Waals surface area contributed by atoms with Gasteiger partial charge in [0.2, 0.25) is 5.88 Å². The monoisotopic (exact) mass is 313 g/mol. The first kappa shape index (κ1) is 15.7. The molecule has 0 aliphatic heterocycles. The molecule has 0 fully saturated rings. The van der Waals surface area contributed by atoms with Crippen molar-refractivity contribution < 1.29 is 4.74 Å². The van der Waals surface area contributed by atoms with Gasteiger partial charge in [-0.1, -0.05) is 12.8 Å². The lowest BCUT2D eigenvalue weighted by atomic mass is 10.2. The molecule has 1 N–H and O–H groups in total. The van der Waals surface area contributed by atoms with Crippen LogP contribution in [-0.2, 0) is 6.54 Å². The van der Waals surface area contributed by atoms with Gasteiger partial charge in [0.1, 0.15) is 5.69 Å². The largest absolute Gasteiger partial charge is 0.480 e. The second-order valence-corrected chi connectivity index (χ2v) is 6.57. The fraction of sp³-hybridized carbons (Fsp3) is 0.643. The van der Waals surface area contributed by atoms with Gasteiger partial charge in [0, 0.05) is 18.1 Å². The van der Waals surface area contributed by atoms with Gasteiger partial charge in [0.05, 0.1) is 7.11 Å². The summed E-state index contributed by atoms with van der Waals surface area (Å²) in [7, 11) is 1.68. The third-order valence-electron chi connectivity index (χ3n) is 3.26. The lowest BCUT2D eigenvalue weighted by molar-refractivity contribution is 0.392. The highest BCUT2D eigenvalue weighted by atomic mass is 32.2. The lowest BCUT2D eigenvalue weighted by Gasteiger charge is -2.06. The Morgan fingerprint density at radius 3 is 3.00 bits per heavy atom. The van der Waals surface area contributed by atoms with Crippen molar-refractivity contribution in [1.82, 2.24) is 14.7 Å². The zero-order valence-electron chi connectivity index (χ0n) is 12.2. The number of rotatable bonds is 10. The van der Waals surface area contributed by atoms with Crippen molar-refractivity contribution in [3.8, 4) is 5.88 Å². The Labute approximate surface area is 128 Å². The second kappa shape index (κ2) is 8.54. The summed E-state index contributed by atoms with van der Waals surface area (Å²) in [4.78, 5) is 5.45. The van der Waals surface area contributed by atoms with E-state index >= 15 is 0 Å². The van der Waals surface area contributed by atoms with Crippen LogP contribution in [0.4, 0.5) is 0 Å². The maximum Gasteiger partial charge on any atom is 0.237 e. The summed E-state index contributed by atoms with van der Waals surface area (Å²) < 4.78 is 7.45. The third-order valence-corrected chi connectivity index (χ3v) is 4.72. The highest BCUT2D eigenvalue weighted by Gasteiger charge is 2.12. The van der Waals surface area contributed by atoms with E-state index in [9.17, 15) is 0 Å². The minimum absolute atomic E-state index is 0.740. The smallest absolute Gasteiger partial charge is 0.237 e. The van der Waals surface area contributed by atoms with Crippen LogP contribution in [0.5, 0.6) is 5.88 Å². The maximum absolute atomic E-state index is 5.34. The van der Waals surface area contributed by atoms with Crippen molar-refractivity contribution in [2.45, 2.75) is 32.2 Å². The van der Waals surface area contributed by atoms with Crippen molar-refractivity contribution in [1.29, 1.82) is 0 Å². The average molecular weight is 313 g/mol. The Morgan fingerprint density at radius 2 is 2.20 bits per heavy atom. The molecule has 0 aliphatic carbocycles. The molecule has 0 bridgehead atoms. The molecule has 0 spiro atoms. The van der Waals surface area contributed by atoms with Gasteiger partial charge in [0.25, 0.3) is 0 Å². The van der Waals surface area contributed by atoms with Crippen molar-refractivity contribution in [3.63, 3.8) is 0 Å². The van der Waals surface area contributed by atoms with Crippen molar-refractivity contribution in [2.75, 3.05) is 25.7 Å². The summed E-state index contributed by atoms with van der Waals surface area (Å²) in [6.07, 6.45) is 9.45. The van der Waals surface area contributed by atoms with Crippen LogP contribution < -0.4 is 10.1 Å². The number of aromatic nitrogens is 2. The first-order chi connectivity index (χ1) is 9.86. The Bertz CT molecular complexity index is 509. The van der Waals surface area contributed by atoms with Gasteiger partial charge in [-0.15, -0.1) is 11.3 Å². The number of imidazole rings is 1. The van der Waals surface area contributed by atoms with Gasteiger partial charge < -0.3 is 10.1 Å². The zero-order chi connectivity index (χ0) is 14.2. The topological polar surface area (TPSA) is 38.6 Å². The molecule has 0 amide bonds. The fourth-order valence-corrected chi connectivity index (χ4v) is 3.41. The number of hydrogen-bond donors (Lipinski definition) is 1. The minimum Gasteiger partial charge on any atom is -0.480 e. The molecule has 2 aromatic rings. The Hall–Kier alpha value is -0.720. The molecular weight excluding hydrogens is 290 g/mol. The molecule has 6 heteroatoms. The molecule has 0 radical (unpaired) electrons. The van der Waals surface area contributed by atoms with Crippen molar-refractivity contribution in [2.24, 2.45) is 0 Å². The molecule has 2 aromatic heterocycles. The van der Waals surface area contributed by atoms with E-state index in [1.54, 1.807) is 18.4 Å². The molecule has 20 heavy (non-hydrogen) atoms. The number of methoxy groups -OCH3 is 1. The summed E-state index contributed by atoms with van der Waals surface area (Å²) >= 11 is 3.57. The summed E-state index contributed by atoms with van der Waals surface area (Å²) in [5, 5.41) is 5.55. The molecule has 2 rings (SSSR count). The Balaban J connectivity index is 1.71. The van der Waals surface area contributed by atoms with Gasteiger partial charge >= 0.3 is 0 Å². The number of fused-ring (bicyclic) bond motifs is 1. The molecule has 4 nitrogen and oxygen atoms in total. The standard InChI is InChI=1S/C14H23N3OS2/c1-18-13-12(17-8-10-20-14(17)16-13)11-15-7-5-3-4-6-9-19-2/h8,10,15H,3-7,9,11H2,1-2H3. The normalized spacial score (nSPS) is 11.3. The number of thioether (sulfide) groups is 1. The molecule has 0 saturated heterocycles. The molecular formula is C14H23N3OS2. The Morgan fingerprint density at radius 1 is 1.35 bits per heavy atom. The van der Waals surface area contributed by atoms with Crippen LogP contribution in [0.25, 0.3) is 4.96 Å². The number of nitrogens with zero attached hydrogens (tertiary/aromatic N) is 2. The van der Waals surface area contributed by atoms with Crippen LogP contribution >= 0.6 is 23.1 Å². The molecule has 0 atom stereocenters. The third kappa shape index (κ3) is 4.14. The predicted molar refractivity (Wildman–Crippen MR) is 88.2 cm³/mol. The van der Waals surface area contributed by atoms with Crippen molar-refractivity contribution >= 4 is 28.1 Å². The van der Waals surface area contributed by atoms with Gasteiger partial charge in [0.15, 0.2) is 4.96 Å². The number of hydrogen-bond acceptors (Lipinski definition) is 5. The molecule has 112 valence electrons. The fourth-order valence-electron chi connectivity index (χ4n) is 2.19. The van der Waals surface area contributed by atoms with Crippen LogP contribution in [0.3, 0.4) is 0 Å². The van der Waals surface area contributed by atoms with Gasteiger partial charge in [-0.05, 0) is 31.4 Å². The Kier molecular flexibility index (Phi) is 6.69. The highest BCUT2D eigenvalue weighted by molar-refractivity contribution is 7.98. The summed E-state index contributed by atoms with van der Waals surface area (Å²) in [5.74, 6) is 2.03. The van der Waals surface area contributed by atoms with E-state index in [0.717, 1.165) is 29.6 Å². The zero-order valence-corrected chi connectivity index (χ0v) is 13.9. The summed E-state index contributed by atoms with van der Waals surface area (Å²) in [6, 6.07) is 0. The lowest BCUT2D eigenvalue weighted by Crippen LogP contribution is -2.16. The van der Waals surface area contributed by atoms with E-state index in [-0.39, 0.29) is 0 Å². The van der Waals surface area contributed by atoms with Gasteiger partial charge in [-0.3, -0.25) is 4.40 Å². The van der Waals surface area contributed by atoms with E-state index < -0.39 is 0 Å². The number of ether oxygens (including phenoxy) is 1. The summed E-state index contributed by atoms with van der Waals surface area (Å²) in [6.45, 7) is 1.87. The van der Waals surface area contributed by atoms with E-state index in [1.807, 2.05) is 11.8 Å². The highest BCUT2D eigenvalue weighted by Crippen LogP contribution is 2.22. The molecule has 0 aromatic carbocycles. The molecule has 0 saturated carbocycles. The van der Waals surface area contributed by atoms with Gasteiger partial charge in [-0.25, -0.2) is 0 Å². The quantitative estimate of drug-likeness (QED) is 0.682. The first-order valence-corrected chi connectivity index (χ1v) is 9.32. The van der Waals surface area contributed by atoms with Gasteiger partial charge in [-0.2, -0.15) is 16.7 Å². The molecule has 2 heterocycles. The molecule has 0 unspecified atom stereocenters. The predicted octanol–water partition coefficient (Wildman–Crippen LogP) is 3.42. The maximum atomic E-state index is 5.34. The van der Waals surface area contributed by atoms with Crippen LogP contribution in [-0.4, -0.2) is 35.0 Å². The van der Waals surface area contributed by atoms with E-state index in [0.29, 0.717) is 0 Å². The SMILES string of the molecule is COc1nc2sccn2c1CNCCCCCCSC. The molecule has 0 aliphatic rings. The number of thiazole rings is 1.